The summed E-state index contributed by atoms with van der Waals surface area (Å²) in [7, 11) is 2.18. The Kier molecular flexibility index (Phi) is 4.41. The Bertz CT molecular complexity index is 542. The minimum atomic E-state index is 0.184. The van der Waals surface area contributed by atoms with Crippen LogP contribution in [-0.2, 0) is 4.74 Å². The van der Waals surface area contributed by atoms with E-state index in [4.69, 9.17) is 4.74 Å². The first kappa shape index (κ1) is 15.6. The summed E-state index contributed by atoms with van der Waals surface area (Å²) in [5.74, 6) is 0.184. The number of thiophene rings is 1. The van der Waals surface area contributed by atoms with Gasteiger partial charge in [-0.1, -0.05) is 0 Å². The number of nitrogens with zero attached hydrogens (tertiary/aromatic N) is 3. The van der Waals surface area contributed by atoms with Crippen molar-refractivity contribution in [1.29, 1.82) is 0 Å². The average molecular weight is 335 g/mol. The SMILES string of the molecule is CN1CCN([C@@H]2CN(C(=O)c3ccsc3)[C@@H]3CCCO[C@H]23)CC1. The predicted molar refractivity (Wildman–Crippen MR) is 91.0 cm³/mol. The molecule has 126 valence electrons. The Labute approximate surface area is 141 Å². The third kappa shape index (κ3) is 2.93. The zero-order valence-corrected chi connectivity index (χ0v) is 14.5. The molecule has 1 aromatic heterocycles. The molecule has 3 saturated heterocycles. The summed E-state index contributed by atoms with van der Waals surface area (Å²) in [4.78, 5) is 19.9. The number of likely N-dealkylation sites (tertiary alicyclic amines) is 1. The molecule has 3 atom stereocenters. The van der Waals surface area contributed by atoms with Crippen LogP contribution in [0.25, 0.3) is 0 Å². The minimum Gasteiger partial charge on any atom is -0.374 e. The molecule has 0 N–H and O–H groups in total. The maximum absolute atomic E-state index is 12.9. The van der Waals surface area contributed by atoms with Gasteiger partial charge in [0.15, 0.2) is 0 Å². The summed E-state index contributed by atoms with van der Waals surface area (Å²) >= 11 is 1.59. The number of ether oxygens (including phenoxy) is 1. The van der Waals surface area contributed by atoms with Crippen molar-refractivity contribution in [3.63, 3.8) is 0 Å². The molecule has 4 rings (SSSR count). The van der Waals surface area contributed by atoms with Gasteiger partial charge < -0.3 is 14.5 Å². The Balaban J connectivity index is 1.53. The summed E-state index contributed by atoms with van der Waals surface area (Å²) in [6.45, 7) is 6.01. The monoisotopic (exact) mass is 335 g/mol. The fraction of sp³-hybridized carbons (Fsp3) is 0.706. The summed E-state index contributed by atoms with van der Waals surface area (Å²) in [5, 5.41) is 3.94. The van der Waals surface area contributed by atoms with E-state index in [1.807, 2.05) is 16.8 Å². The Morgan fingerprint density at radius 1 is 1.26 bits per heavy atom. The molecule has 1 aromatic rings. The van der Waals surface area contributed by atoms with Crippen molar-refractivity contribution in [3.05, 3.63) is 22.4 Å². The van der Waals surface area contributed by atoms with Gasteiger partial charge in [0.1, 0.15) is 0 Å². The van der Waals surface area contributed by atoms with Crippen molar-refractivity contribution in [2.24, 2.45) is 0 Å². The van der Waals surface area contributed by atoms with Gasteiger partial charge >= 0.3 is 0 Å². The molecule has 4 heterocycles. The van der Waals surface area contributed by atoms with E-state index in [-0.39, 0.29) is 18.1 Å². The van der Waals surface area contributed by atoms with Crippen LogP contribution in [0.5, 0.6) is 0 Å². The zero-order chi connectivity index (χ0) is 15.8. The van der Waals surface area contributed by atoms with Crippen LogP contribution in [0.1, 0.15) is 23.2 Å². The number of amides is 1. The second-order valence-corrected chi connectivity index (χ2v) is 7.70. The van der Waals surface area contributed by atoms with Crippen LogP contribution in [0.3, 0.4) is 0 Å². The smallest absolute Gasteiger partial charge is 0.255 e. The van der Waals surface area contributed by atoms with Crippen LogP contribution in [0.2, 0.25) is 0 Å². The highest BCUT2D eigenvalue weighted by atomic mass is 32.1. The third-order valence-electron chi connectivity index (χ3n) is 5.53. The molecule has 6 heteroatoms. The van der Waals surface area contributed by atoms with Gasteiger partial charge in [0.05, 0.1) is 23.8 Å². The lowest BCUT2D eigenvalue weighted by Gasteiger charge is -2.39. The molecule has 0 unspecified atom stereocenters. The van der Waals surface area contributed by atoms with Crippen LogP contribution in [0.4, 0.5) is 0 Å². The molecule has 3 aliphatic heterocycles. The van der Waals surface area contributed by atoms with Gasteiger partial charge in [-0.05, 0) is 31.3 Å². The third-order valence-corrected chi connectivity index (χ3v) is 6.22. The molecular formula is C17H25N3O2S. The van der Waals surface area contributed by atoms with E-state index in [0.717, 1.165) is 57.7 Å². The standard InChI is InChI=1S/C17H25N3O2S/c1-18-5-7-19(8-6-18)15-11-20(14-3-2-9-22-16(14)15)17(21)13-4-10-23-12-13/h4,10,12,14-16H,2-3,5-9,11H2,1H3/t14-,15-,16+/m1/s1. The molecule has 0 aliphatic carbocycles. The molecule has 3 aliphatic rings. The maximum atomic E-state index is 12.9. The van der Waals surface area contributed by atoms with Crippen LogP contribution < -0.4 is 0 Å². The van der Waals surface area contributed by atoms with Gasteiger partial charge in [0.2, 0.25) is 0 Å². The van der Waals surface area contributed by atoms with E-state index in [9.17, 15) is 4.79 Å². The Hall–Kier alpha value is -0.950. The van der Waals surface area contributed by atoms with Gasteiger partial charge in [-0.25, -0.2) is 0 Å². The molecule has 1 amide bonds. The topological polar surface area (TPSA) is 36.0 Å². The van der Waals surface area contributed by atoms with Crippen LogP contribution in [0.15, 0.2) is 16.8 Å². The van der Waals surface area contributed by atoms with Crippen molar-refractivity contribution < 1.29 is 9.53 Å². The van der Waals surface area contributed by atoms with Crippen molar-refractivity contribution in [2.75, 3.05) is 46.4 Å². The second kappa shape index (κ2) is 6.51. The van der Waals surface area contributed by atoms with Crippen molar-refractivity contribution in [3.8, 4) is 0 Å². The Morgan fingerprint density at radius 2 is 2.09 bits per heavy atom. The van der Waals surface area contributed by atoms with E-state index in [1.165, 1.54) is 0 Å². The van der Waals surface area contributed by atoms with E-state index in [2.05, 4.69) is 21.7 Å². The average Bonchev–Trinajstić information content (AvgIpc) is 3.23. The highest BCUT2D eigenvalue weighted by Crippen LogP contribution is 2.33. The number of hydrogen-bond acceptors (Lipinski definition) is 5. The van der Waals surface area contributed by atoms with Gasteiger partial charge in [0, 0.05) is 44.7 Å². The molecule has 0 radical (unpaired) electrons. The lowest BCUT2D eigenvalue weighted by molar-refractivity contribution is -0.0442. The van der Waals surface area contributed by atoms with Crippen molar-refractivity contribution in [1.82, 2.24) is 14.7 Å². The van der Waals surface area contributed by atoms with Crippen molar-refractivity contribution >= 4 is 17.2 Å². The van der Waals surface area contributed by atoms with Crippen molar-refractivity contribution in [2.45, 2.75) is 31.0 Å². The van der Waals surface area contributed by atoms with E-state index in [1.54, 1.807) is 11.3 Å². The maximum Gasteiger partial charge on any atom is 0.255 e. The first-order valence-electron chi connectivity index (χ1n) is 8.61. The summed E-state index contributed by atoms with van der Waals surface area (Å²) in [6, 6.07) is 2.55. The largest absolute Gasteiger partial charge is 0.374 e. The summed E-state index contributed by atoms with van der Waals surface area (Å²) in [5.41, 5.74) is 0.832. The number of hydrogen-bond donors (Lipinski definition) is 0. The zero-order valence-electron chi connectivity index (χ0n) is 13.7. The highest BCUT2D eigenvalue weighted by molar-refractivity contribution is 7.08. The Morgan fingerprint density at radius 3 is 2.83 bits per heavy atom. The van der Waals surface area contributed by atoms with Gasteiger partial charge in [0.25, 0.3) is 5.91 Å². The molecule has 0 aromatic carbocycles. The number of carbonyl (C=O) groups is 1. The van der Waals surface area contributed by atoms with E-state index < -0.39 is 0 Å². The molecule has 3 fully saturated rings. The van der Waals surface area contributed by atoms with Gasteiger partial charge in [-0.3, -0.25) is 9.69 Å². The number of rotatable bonds is 2. The first-order valence-corrected chi connectivity index (χ1v) is 9.55. The van der Waals surface area contributed by atoms with Gasteiger partial charge in [-0.2, -0.15) is 11.3 Å². The van der Waals surface area contributed by atoms with Crippen LogP contribution >= 0.6 is 11.3 Å². The molecule has 5 nitrogen and oxygen atoms in total. The fourth-order valence-electron chi connectivity index (χ4n) is 4.19. The van der Waals surface area contributed by atoms with Crippen LogP contribution in [0, 0.1) is 0 Å². The molecular weight excluding hydrogens is 310 g/mol. The number of carbonyl (C=O) groups excluding carboxylic acids is 1. The minimum absolute atomic E-state index is 0.184. The number of likely N-dealkylation sites (N-methyl/N-ethyl adjacent to an activating group) is 1. The highest BCUT2D eigenvalue weighted by Gasteiger charge is 2.48. The summed E-state index contributed by atoms with van der Waals surface area (Å²) < 4.78 is 6.15. The van der Waals surface area contributed by atoms with E-state index in [0.29, 0.717) is 6.04 Å². The van der Waals surface area contributed by atoms with Crippen LogP contribution in [-0.4, -0.2) is 85.2 Å². The molecule has 23 heavy (non-hydrogen) atoms. The second-order valence-electron chi connectivity index (χ2n) is 6.92. The molecule has 0 spiro atoms. The van der Waals surface area contributed by atoms with Gasteiger partial charge in [-0.15, -0.1) is 0 Å². The summed E-state index contributed by atoms with van der Waals surface area (Å²) in [6.07, 6.45) is 2.32. The first-order chi connectivity index (χ1) is 11.2. The number of fused-ring (bicyclic) bond motifs is 1. The predicted octanol–water partition coefficient (Wildman–Crippen LogP) is 1.37. The molecule has 0 bridgehead atoms. The van der Waals surface area contributed by atoms with E-state index >= 15 is 0 Å². The fourth-order valence-corrected chi connectivity index (χ4v) is 4.82. The number of piperazine rings is 1. The molecule has 0 saturated carbocycles. The lowest BCUT2D eigenvalue weighted by atomic mass is 9.99. The quantitative estimate of drug-likeness (QED) is 0.818. The lowest BCUT2D eigenvalue weighted by Crippen LogP contribution is -2.54. The normalized spacial score (nSPS) is 32.9.